The first-order valence-electron chi connectivity index (χ1n) is 9.56. The Kier molecular flexibility index (Phi) is 6.71. The molecule has 0 bridgehead atoms. The van der Waals surface area contributed by atoms with Gasteiger partial charge in [-0.2, -0.15) is 13.2 Å². The number of hydrogen-bond acceptors (Lipinski definition) is 7. The van der Waals surface area contributed by atoms with E-state index < -0.39 is 42.0 Å². The first-order valence-corrected chi connectivity index (χ1v) is 9.56. The highest BCUT2D eigenvalue weighted by Crippen LogP contribution is 2.41. The molecule has 1 amide bonds. The molecule has 174 valence electrons. The van der Waals surface area contributed by atoms with E-state index >= 15 is 0 Å². The van der Waals surface area contributed by atoms with Crippen LogP contribution in [0, 0.1) is 17.7 Å². The molecule has 0 spiro atoms. The average molecular weight is 465 g/mol. The van der Waals surface area contributed by atoms with Gasteiger partial charge in [-0.3, -0.25) is 4.79 Å². The number of alkyl halides is 3. The van der Waals surface area contributed by atoms with Crippen molar-refractivity contribution in [1.82, 2.24) is 9.97 Å². The van der Waals surface area contributed by atoms with Crippen LogP contribution in [0.2, 0.25) is 0 Å². The maximum absolute atomic E-state index is 14.6. The highest BCUT2D eigenvalue weighted by Gasteiger charge is 2.50. The summed E-state index contributed by atoms with van der Waals surface area (Å²) in [6.45, 7) is 3.07. The lowest BCUT2D eigenvalue weighted by atomic mass is 9.85. The Morgan fingerprint density at radius 1 is 1.36 bits per heavy atom. The number of amides is 1. The summed E-state index contributed by atoms with van der Waals surface area (Å²) in [6.07, 6.45) is -5.26. The minimum Gasteiger partial charge on any atom is -0.463 e. The first kappa shape index (κ1) is 23.8. The molecule has 2 aromatic rings. The Morgan fingerprint density at radius 3 is 2.76 bits per heavy atom. The topological polar surface area (TPSA) is 112 Å². The highest BCUT2D eigenvalue weighted by molar-refractivity contribution is 6.02. The molecular weight excluding hydrogens is 446 g/mol. The third-order valence-electron chi connectivity index (χ3n) is 4.70. The van der Waals surface area contributed by atoms with Gasteiger partial charge < -0.3 is 20.5 Å². The molecule has 1 aromatic heterocycles. The Morgan fingerprint density at radius 2 is 2.12 bits per heavy atom. The second kappa shape index (κ2) is 9.32. The molecule has 2 atom stereocenters. The minimum atomic E-state index is -4.72. The number of nitrogens with zero attached hydrogens (tertiary/aromatic N) is 3. The van der Waals surface area contributed by atoms with E-state index in [2.05, 4.69) is 36.9 Å². The van der Waals surface area contributed by atoms with Crippen LogP contribution in [0.15, 0.2) is 35.6 Å². The van der Waals surface area contributed by atoms with Crippen molar-refractivity contribution in [3.8, 4) is 17.7 Å². The number of nitrogens with two attached hydrogens (primary N) is 1. The predicted molar refractivity (Wildman–Crippen MR) is 110 cm³/mol. The quantitative estimate of drug-likeness (QED) is 0.518. The van der Waals surface area contributed by atoms with Crippen molar-refractivity contribution in [1.29, 1.82) is 0 Å². The van der Waals surface area contributed by atoms with Gasteiger partial charge in [0.05, 0.1) is 17.9 Å². The van der Waals surface area contributed by atoms with Crippen LogP contribution in [0.25, 0.3) is 0 Å². The number of carbonyl (C=O) groups is 1. The zero-order valence-electron chi connectivity index (χ0n) is 17.5. The van der Waals surface area contributed by atoms with Crippen molar-refractivity contribution in [2.75, 3.05) is 11.9 Å². The van der Waals surface area contributed by atoms with Gasteiger partial charge in [-0.05, 0) is 32.0 Å². The van der Waals surface area contributed by atoms with Crippen molar-refractivity contribution < 1.29 is 31.8 Å². The van der Waals surface area contributed by atoms with Gasteiger partial charge in [-0.25, -0.2) is 19.4 Å². The lowest BCUT2D eigenvalue weighted by Gasteiger charge is -2.36. The van der Waals surface area contributed by atoms with E-state index in [9.17, 15) is 22.4 Å². The van der Waals surface area contributed by atoms with Crippen LogP contribution in [-0.2, 0) is 10.3 Å². The molecule has 0 radical (unpaired) electrons. The average Bonchev–Trinajstić information content (AvgIpc) is 2.74. The number of carbonyl (C=O) groups excluding carboxylic acids is 1. The van der Waals surface area contributed by atoms with Gasteiger partial charge in [0.25, 0.3) is 11.9 Å². The lowest BCUT2D eigenvalue weighted by molar-refractivity contribution is -0.208. The number of rotatable bonds is 5. The predicted octanol–water partition coefficient (Wildman–Crippen LogP) is 3.15. The number of ether oxygens (including phenoxy) is 2. The van der Waals surface area contributed by atoms with Gasteiger partial charge in [0.15, 0.2) is 12.7 Å². The lowest BCUT2D eigenvalue weighted by Crippen LogP contribution is -2.46. The van der Waals surface area contributed by atoms with Gasteiger partial charge in [-0.1, -0.05) is 5.92 Å². The summed E-state index contributed by atoms with van der Waals surface area (Å²) in [5, 5.41) is 2.50. The van der Waals surface area contributed by atoms with E-state index in [1.54, 1.807) is 6.92 Å². The number of amidine groups is 1. The number of benzene rings is 1. The largest absolute Gasteiger partial charge is 0.463 e. The van der Waals surface area contributed by atoms with E-state index in [1.165, 1.54) is 31.5 Å². The van der Waals surface area contributed by atoms with Crippen LogP contribution >= 0.6 is 0 Å². The van der Waals surface area contributed by atoms with E-state index in [0.717, 1.165) is 6.07 Å². The molecule has 1 aliphatic rings. The molecule has 0 saturated heterocycles. The molecule has 2 heterocycles. The summed E-state index contributed by atoms with van der Waals surface area (Å²) in [5.41, 5.74) is 3.62. The minimum absolute atomic E-state index is 0.0634. The smallest absolute Gasteiger partial charge is 0.425 e. The molecule has 0 unspecified atom stereocenters. The van der Waals surface area contributed by atoms with Gasteiger partial charge in [0.1, 0.15) is 11.5 Å². The van der Waals surface area contributed by atoms with Gasteiger partial charge in [0, 0.05) is 17.7 Å². The van der Waals surface area contributed by atoms with Crippen molar-refractivity contribution in [3.63, 3.8) is 0 Å². The molecule has 3 N–H and O–H groups in total. The maximum Gasteiger partial charge on any atom is 0.425 e. The Hall–Kier alpha value is -3.88. The number of hydrogen-bond donors (Lipinski definition) is 2. The number of halogens is 4. The van der Waals surface area contributed by atoms with Crippen LogP contribution in [0.5, 0.6) is 5.88 Å². The normalized spacial score (nSPS) is 20.1. The fourth-order valence-electron chi connectivity index (χ4n) is 3.12. The summed E-state index contributed by atoms with van der Waals surface area (Å²) in [7, 11) is 0. The summed E-state index contributed by atoms with van der Waals surface area (Å²) >= 11 is 0. The zero-order valence-corrected chi connectivity index (χ0v) is 17.5. The van der Waals surface area contributed by atoms with Crippen LogP contribution in [0.4, 0.5) is 23.2 Å². The van der Waals surface area contributed by atoms with E-state index in [0.29, 0.717) is 0 Å². The number of aromatic nitrogens is 2. The Balaban J connectivity index is 1.80. The van der Waals surface area contributed by atoms with Gasteiger partial charge in [0.2, 0.25) is 5.88 Å². The van der Waals surface area contributed by atoms with Crippen molar-refractivity contribution in [3.05, 3.63) is 47.7 Å². The molecule has 1 aromatic carbocycles. The number of aliphatic imine (C=N–C) groups is 1. The van der Waals surface area contributed by atoms with Crippen LogP contribution in [-0.4, -0.2) is 40.8 Å². The Labute approximate surface area is 186 Å². The SMILES string of the molecule is CC#CCOc1cnc(C(=O)Nc2ccc(F)c([C@@]3(C)C[C@@H](C(F)(F)F)OC(N)=N3)c2)cn1. The van der Waals surface area contributed by atoms with Crippen molar-refractivity contribution >= 4 is 17.6 Å². The second-order valence-corrected chi connectivity index (χ2v) is 7.18. The third-order valence-corrected chi connectivity index (χ3v) is 4.70. The monoisotopic (exact) mass is 465 g/mol. The zero-order chi connectivity index (χ0) is 24.2. The molecule has 12 heteroatoms. The number of anilines is 1. The molecule has 0 saturated carbocycles. The molecule has 0 fully saturated rings. The Bertz CT molecular complexity index is 1130. The fourth-order valence-corrected chi connectivity index (χ4v) is 3.12. The fraction of sp³-hybridized carbons (Fsp3) is 0.333. The first-order chi connectivity index (χ1) is 15.5. The van der Waals surface area contributed by atoms with Crippen LogP contribution in [0.3, 0.4) is 0 Å². The van der Waals surface area contributed by atoms with E-state index in [4.69, 9.17) is 10.5 Å². The van der Waals surface area contributed by atoms with E-state index in [-0.39, 0.29) is 29.4 Å². The molecule has 8 nitrogen and oxygen atoms in total. The molecule has 1 aliphatic heterocycles. The number of nitrogens with one attached hydrogen (secondary N) is 1. The van der Waals surface area contributed by atoms with Gasteiger partial charge in [-0.15, -0.1) is 5.92 Å². The molecule has 3 rings (SSSR count). The summed E-state index contributed by atoms with van der Waals surface area (Å²) in [6, 6.07) is 2.75. The second-order valence-electron chi connectivity index (χ2n) is 7.18. The highest BCUT2D eigenvalue weighted by atomic mass is 19.4. The van der Waals surface area contributed by atoms with Crippen molar-refractivity contribution in [2.24, 2.45) is 10.7 Å². The van der Waals surface area contributed by atoms with Crippen molar-refractivity contribution in [2.45, 2.75) is 38.1 Å². The summed E-state index contributed by atoms with van der Waals surface area (Å²) < 4.78 is 64.0. The molecule has 0 aliphatic carbocycles. The standard InChI is InChI=1S/C21H19F4N5O3/c1-3-4-7-32-17-11-27-15(10-28-17)18(31)29-12-5-6-14(22)13(8-12)20(2)9-16(21(23,24)25)33-19(26)30-20/h5-6,8,10-11,16H,7,9H2,1-2H3,(H2,26,30)(H,29,31)/t16-,20+/m0/s1. The summed E-state index contributed by atoms with van der Waals surface area (Å²) in [4.78, 5) is 24.3. The molecular formula is C21H19F4N5O3. The maximum atomic E-state index is 14.6. The third kappa shape index (κ3) is 5.68. The van der Waals surface area contributed by atoms with E-state index in [1.807, 2.05) is 0 Å². The van der Waals surface area contributed by atoms with Crippen LogP contribution in [0.1, 0.15) is 36.3 Å². The molecule has 33 heavy (non-hydrogen) atoms. The van der Waals surface area contributed by atoms with Gasteiger partial charge >= 0.3 is 6.18 Å². The van der Waals surface area contributed by atoms with Crippen LogP contribution < -0.4 is 15.8 Å². The summed E-state index contributed by atoms with van der Waals surface area (Å²) in [5.74, 6) is 4.01.